The van der Waals surface area contributed by atoms with E-state index in [9.17, 15) is 5.11 Å². The highest BCUT2D eigenvalue weighted by Crippen LogP contribution is 2.40. The van der Waals surface area contributed by atoms with Crippen LogP contribution in [0.25, 0.3) is 0 Å². The van der Waals surface area contributed by atoms with Gasteiger partial charge in [0.1, 0.15) is 0 Å². The van der Waals surface area contributed by atoms with E-state index in [1.165, 1.54) is 64.6 Å². The van der Waals surface area contributed by atoms with Crippen molar-refractivity contribution in [3.8, 4) is 0 Å². The standard InChI is InChI=1S/C17H32N2O2/c1-21-16-7-11-19(12-8-16)10-6-14-3-2-9-17(14,13-20)18-15-4-5-15/h14-16,18,20H,2-13H2,1H3. The number of ether oxygens (including phenoxy) is 1. The minimum atomic E-state index is 0.0337. The number of hydrogen-bond donors (Lipinski definition) is 2. The summed E-state index contributed by atoms with van der Waals surface area (Å²) in [5.74, 6) is 0.656. The second kappa shape index (κ2) is 6.95. The van der Waals surface area contributed by atoms with E-state index in [1.54, 1.807) is 0 Å². The maximum Gasteiger partial charge on any atom is 0.0616 e. The van der Waals surface area contributed by atoms with Crippen LogP contribution in [0.5, 0.6) is 0 Å². The molecule has 3 aliphatic rings. The molecule has 4 nitrogen and oxygen atoms in total. The Balaban J connectivity index is 1.47. The minimum absolute atomic E-state index is 0.0337. The molecule has 2 N–H and O–H groups in total. The number of likely N-dealkylation sites (tertiary alicyclic amines) is 1. The van der Waals surface area contributed by atoms with Gasteiger partial charge in [0.15, 0.2) is 0 Å². The van der Waals surface area contributed by atoms with Crippen LogP contribution in [0.1, 0.15) is 51.4 Å². The molecule has 3 rings (SSSR count). The summed E-state index contributed by atoms with van der Waals surface area (Å²) in [5, 5.41) is 13.8. The smallest absolute Gasteiger partial charge is 0.0616 e. The van der Waals surface area contributed by atoms with E-state index in [4.69, 9.17) is 4.74 Å². The van der Waals surface area contributed by atoms with Crippen molar-refractivity contribution in [1.29, 1.82) is 0 Å². The van der Waals surface area contributed by atoms with Crippen molar-refractivity contribution in [3.05, 3.63) is 0 Å². The molecule has 2 saturated carbocycles. The van der Waals surface area contributed by atoms with Gasteiger partial charge in [-0.15, -0.1) is 0 Å². The number of aliphatic hydroxyl groups is 1. The Labute approximate surface area is 129 Å². The Morgan fingerprint density at radius 2 is 1.95 bits per heavy atom. The third kappa shape index (κ3) is 3.79. The molecule has 0 bridgehead atoms. The molecule has 0 aromatic rings. The maximum absolute atomic E-state index is 9.97. The van der Waals surface area contributed by atoms with Crippen molar-refractivity contribution in [2.45, 2.75) is 69.1 Å². The highest BCUT2D eigenvalue weighted by Gasteiger charge is 2.44. The summed E-state index contributed by atoms with van der Waals surface area (Å²) in [6, 6.07) is 0.690. The Bertz CT molecular complexity index is 327. The van der Waals surface area contributed by atoms with Gasteiger partial charge >= 0.3 is 0 Å². The first-order valence-electron chi connectivity index (χ1n) is 8.89. The quantitative estimate of drug-likeness (QED) is 0.751. The van der Waals surface area contributed by atoms with Gasteiger partial charge < -0.3 is 20.1 Å². The topological polar surface area (TPSA) is 44.7 Å². The van der Waals surface area contributed by atoms with E-state index in [1.807, 2.05) is 7.11 Å². The van der Waals surface area contributed by atoms with Gasteiger partial charge in [0.2, 0.25) is 0 Å². The molecule has 0 amide bonds. The summed E-state index contributed by atoms with van der Waals surface area (Å²) in [5.41, 5.74) is 0.0337. The molecular weight excluding hydrogens is 264 g/mol. The Morgan fingerprint density at radius 1 is 1.19 bits per heavy atom. The van der Waals surface area contributed by atoms with Crippen molar-refractivity contribution in [3.63, 3.8) is 0 Å². The summed E-state index contributed by atoms with van der Waals surface area (Å²) in [4.78, 5) is 2.59. The molecule has 1 heterocycles. The van der Waals surface area contributed by atoms with E-state index < -0.39 is 0 Å². The predicted octanol–water partition coefficient (Wildman–Crippen LogP) is 1.77. The lowest BCUT2D eigenvalue weighted by Crippen LogP contribution is -2.53. The molecule has 2 unspecified atom stereocenters. The number of nitrogens with one attached hydrogen (secondary N) is 1. The van der Waals surface area contributed by atoms with Gasteiger partial charge in [-0.2, -0.15) is 0 Å². The van der Waals surface area contributed by atoms with Crippen molar-refractivity contribution in [2.75, 3.05) is 33.4 Å². The third-order valence-electron chi connectivity index (χ3n) is 5.97. The Hall–Kier alpha value is -0.160. The SMILES string of the molecule is COC1CCN(CCC2CCCC2(CO)NC2CC2)CC1. The first kappa shape index (κ1) is 15.7. The van der Waals surface area contributed by atoms with Crippen LogP contribution in [-0.4, -0.2) is 61.0 Å². The fraction of sp³-hybridized carbons (Fsp3) is 1.00. The lowest BCUT2D eigenvalue weighted by atomic mass is 9.84. The molecule has 3 fully saturated rings. The van der Waals surface area contributed by atoms with E-state index >= 15 is 0 Å². The molecule has 0 aromatic carbocycles. The fourth-order valence-electron chi connectivity index (χ4n) is 4.35. The second-order valence-corrected chi connectivity index (χ2v) is 7.39. The van der Waals surface area contributed by atoms with E-state index in [-0.39, 0.29) is 5.54 Å². The zero-order valence-electron chi connectivity index (χ0n) is 13.5. The van der Waals surface area contributed by atoms with Crippen LogP contribution in [0.2, 0.25) is 0 Å². The van der Waals surface area contributed by atoms with Gasteiger partial charge in [-0.25, -0.2) is 0 Å². The van der Waals surface area contributed by atoms with Crippen molar-refractivity contribution in [1.82, 2.24) is 10.2 Å². The average Bonchev–Trinajstić information content (AvgIpc) is 3.25. The highest BCUT2D eigenvalue weighted by atomic mass is 16.5. The van der Waals surface area contributed by atoms with E-state index in [0.29, 0.717) is 24.7 Å². The molecule has 0 spiro atoms. The molecule has 122 valence electrons. The van der Waals surface area contributed by atoms with Gasteiger partial charge in [0.05, 0.1) is 12.7 Å². The maximum atomic E-state index is 9.97. The molecule has 1 aliphatic heterocycles. The Morgan fingerprint density at radius 3 is 2.57 bits per heavy atom. The first-order valence-corrected chi connectivity index (χ1v) is 8.89. The molecule has 4 heteroatoms. The van der Waals surface area contributed by atoms with Crippen molar-refractivity contribution < 1.29 is 9.84 Å². The number of aliphatic hydroxyl groups excluding tert-OH is 1. The molecule has 2 aliphatic carbocycles. The first-order chi connectivity index (χ1) is 10.3. The number of nitrogens with zero attached hydrogens (tertiary/aromatic N) is 1. The van der Waals surface area contributed by atoms with Crippen molar-refractivity contribution in [2.24, 2.45) is 5.92 Å². The average molecular weight is 296 g/mol. The molecule has 1 saturated heterocycles. The fourth-order valence-corrected chi connectivity index (χ4v) is 4.35. The van der Waals surface area contributed by atoms with Crippen LogP contribution in [0.3, 0.4) is 0 Å². The molecule has 0 radical (unpaired) electrons. The summed E-state index contributed by atoms with van der Waals surface area (Å²) < 4.78 is 5.45. The molecule has 0 aromatic heterocycles. The Kier molecular flexibility index (Phi) is 5.20. The lowest BCUT2D eigenvalue weighted by Gasteiger charge is -2.37. The van der Waals surface area contributed by atoms with Crippen LogP contribution in [0, 0.1) is 5.92 Å². The summed E-state index contributed by atoms with van der Waals surface area (Å²) in [7, 11) is 1.83. The van der Waals surface area contributed by atoms with Crippen molar-refractivity contribution >= 4 is 0 Å². The number of hydrogen-bond acceptors (Lipinski definition) is 4. The largest absolute Gasteiger partial charge is 0.394 e. The van der Waals surface area contributed by atoms with Gasteiger partial charge in [0, 0.05) is 31.8 Å². The number of piperidine rings is 1. The van der Waals surface area contributed by atoms with Gasteiger partial charge in [-0.1, -0.05) is 6.42 Å². The molecule has 21 heavy (non-hydrogen) atoms. The summed E-state index contributed by atoms with van der Waals surface area (Å²) >= 11 is 0. The van der Waals surface area contributed by atoms with E-state index in [2.05, 4.69) is 10.2 Å². The van der Waals surface area contributed by atoms with E-state index in [0.717, 1.165) is 6.42 Å². The lowest BCUT2D eigenvalue weighted by molar-refractivity contribution is 0.0366. The number of rotatable bonds is 7. The molecular formula is C17H32N2O2. The minimum Gasteiger partial charge on any atom is -0.394 e. The predicted molar refractivity (Wildman–Crippen MR) is 84.4 cm³/mol. The zero-order valence-corrected chi connectivity index (χ0v) is 13.5. The van der Waals surface area contributed by atoms with Crippen LogP contribution in [0.4, 0.5) is 0 Å². The highest BCUT2D eigenvalue weighted by molar-refractivity contribution is 5.03. The second-order valence-electron chi connectivity index (χ2n) is 7.39. The van der Waals surface area contributed by atoms with Crippen LogP contribution in [-0.2, 0) is 4.74 Å². The van der Waals surface area contributed by atoms with Crippen LogP contribution in [0.15, 0.2) is 0 Å². The molecule has 2 atom stereocenters. The van der Waals surface area contributed by atoms with Gasteiger partial charge in [-0.05, 0) is 57.4 Å². The monoisotopic (exact) mass is 296 g/mol. The summed E-state index contributed by atoms with van der Waals surface area (Å²) in [6.07, 6.45) is 10.4. The zero-order chi connectivity index (χ0) is 14.7. The van der Waals surface area contributed by atoms with Crippen LogP contribution < -0.4 is 5.32 Å². The normalized spacial score (nSPS) is 35.4. The summed E-state index contributed by atoms with van der Waals surface area (Å²) in [6.45, 7) is 3.86. The number of methoxy groups -OCH3 is 1. The van der Waals surface area contributed by atoms with Crippen LogP contribution >= 0.6 is 0 Å². The third-order valence-corrected chi connectivity index (χ3v) is 5.97. The van der Waals surface area contributed by atoms with Gasteiger partial charge in [-0.3, -0.25) is 0 Å². The van der Waals surface area contributed by atoms with Gasteiger partial charge in [0.25, 0.3) is 0 Å².